The number of nitrogens with one attached hydrogen (secondary N) is 2. The van der Waals surface area contributed by atoms with Crippen LogP contribution in [-0.2, 0) is 10.0 Å². The molecule has 0 aliphatic heterocycles. The number of aryl methyl sites for hydroxylation is 1. The van der Waals surface area contributed by atoms with E-state index in [-0.39, 0.29) is 10.8 Å². The number of para-hydroxylation sites is 1. The Bertz CT molecular complexity index is 1100. The minimum absolute atomic E-state index is 0.0766. The molecule has 1 aliphatic carbocycles. The highest BCUT2D eigenvalue weighted by Crippen LogP contribution is 2.44. The molecule has 0 atom stereocenters. The molecule has 0 spiro atoms. The number of anilines is 2. The van der Waals surface area contributed by atoms with E-state index in [0.717, 1.165) is 12.8 Å². The van der Waals surface area contributed by atoms with Crippen LogP contribution in [0.1, 0.15) is 40.6 Å². The minimum atomic E-state index is -3.73. The number of carbonyl (C=O) groups excluding carboxylic acids is 1. The Kier molecular flexibility index (Phi) is 4.64. The summed E-state index contributed by atoms with van der Waals surface area (Å²) in [5, 5.41) is 6.77. The molecule has 0 unspecified atom stereocenters. The van der Waals surface area contributed by atoms with E-state index in [4.69, 9.17) is 4.52 Å². The van der Waals surface area contributed by atoms with Gasteiger partial charge in [0.05, 0.1) is 4.90 Å². The molecular weight excluding hydrogens is 378 g/mol. The first-order chi connectivity index (χ1) is 13.4. The maximum atomic E-state index is 12.6. The Morgan fingerprint density at radius 3 is 2.39 bits per heavy atom. The van der Waals surface area contributed by atoms with Crippen molar-refractivity contribution < 1.29 is 17.7 Å². The van der Waals surface area contributed by atoms with Gasteiger partial charge < -0.3 is 9.84 Å². The molecule has 2 N–H and O–H groups in total. The van der Waals surface area contributed by atoms with Crippen molar-refractivity contribution in [2.45, 2.75) is 30.6 Å². The highest BCUT2D eigenvalue weighted by Gasteiger charge is 2.32. The summed E-state index contributed by atoms with van der Waals surface area (Å²) >= 11 is 0. The minimum Gasteiger partial charge on any atom is -0.359 e. The molecule has 1 fully saturated rings. The zero-order valence-corrected chi connectivity index (χ0v) is 16.0. The van der Waals surface area contributed by atoms with E-state index in [1.54, 1.807) is 37.3 Å². The van der Waals surface area contributed by atoms with Crippen molar-refractivity contribution in [1.29, 1.82) is 0 Å². The van der Waals surface area contributed by atoms with Crippen LogP contribution in [0.5, 0.6) is 0 Å². The van der Waals surface area contributed by atoms with E-state index in [0.29, 0.717) is 34.3 Å². The lowest BCUT2D eigenvalue weighted by atomic mass is 10.2. The van der Waals surface area contributed by atoms with Gasteiger partial charge in [0.15, 0.2) is 5.76 Å². The quantitative estimate of drug-likeness (QED) is 0.657. The molecule has 2 aromatic carbocycles. The Morgan fingerprint density at radius 1 is 1.07 bits per heavy atom. The monoisotopic (exact) mass is 397 g/mol. The van der Waals surface area contributed by atoms with Crippen molar-refractivity contribution in [3.05, 3.63) is 71.6 Å². The van der Waals surface area contributed by atoms with Gasteiger partial charge in [0.25, 0.3) is 15.9 Å². The number of carbonyl (C=O) groups is 1. The van der Waals surface area contributed by atoms with Crippen molar-refractivity contribution in [2.75, 3.05) is 10.0 Å². The van der Waals surface area contributed by atoms with E-state index in [9.17, 15) is 13.2 Å². The predicted molar refractivity (Wildman–Crippen MR) is 105 cm³/mol. The Hall–Kier alpha value is -3.13. The van der Waals surface area contributed by atoms with Gasteiger partial charge >= 0.3 is 0 Å². The lowest BCUT2D eigenvalue weighted by molar-refractivity contribution is 0.102. The van der Waals surface area contributed by atoms with Gasteiger partial charge in [0, 0.05) is 17.2 Å². The maximum Gasteiger partial charge on any atom is 0.261 e. The van der Waals surface area contributed by atoms with Crippen LogP contribution in [0.3, 0.4) is 0 Å². The zero-order valence-electron chi connectivity index (χ0n) is 15.2. The topological polar surface area (TPSA) is 101 Å². The van der Waals surface area contributed by atoms with Crippen molar-refractivity contribution in [2.24, 2.45) is 0 Å². The highest BCUT2D eigenvalue weighted by molar-refractivity contribution is 7.92. The van der Waals surface area contributed by atoms with Gasteiger partial charge in [-0.3, -0.25) is 9.52 Å². The van der Waals surface area contributed by atoms with Crippen LogP contribution in [-0.4, -0.2) is 19.5 Å². The number of aromatic nitrogens is 1. The SMILES string of the molecule is Cc1noc(C2CC2)c1NC(=O)c1ccc(S(=O)(=O)Nc2ccccc2)cc1. The number of hydrogen-bond donors (Lipinski definition) is 2. The number of nitrogens with zero attached hydrogens (tertiary/aromatic N) is 1. The fourth-order valence-electron chi connectivity index (χ4n) is 2.85. The first-order valence-corrected chi connectivity index (χ1v) is 10.4. The molecule has 1 heterocycles. The molecule has 0 radical (unpaired) electrons. The lowest BCUT2D eigenvalue weighted by Gasteiger charge is -2.09. The summed E-state index contributed by atoms with van der Waals surface area (Å²) in [4.78, 5) is 12.6. The predicted octanol–water partition coefficient (Wildman–Crippen LogP) is 3.91. The fraction of sp³-hybridized carbons (Fsp3) is 0.200. The summed E-state index contributed by atoms with van der Waals surface area (Å²) in [5.74, 6) is 0.679. The van der Waals surface area contributed by atoms with Crippen LogP contribution in [0.25, 0.3) is 0 Å². The summed E-state index contributed by atoms with van der Waals surface area (Å²) in [6.45, 7) is 1.77. The van der Waals surface area contributed by atoms with E-state index in [1.807, 2.05) is 0 Å². The van der Waals surface area contributed by atoms with Crippen LogP contribution < -0.4 is 10.0 Å². The van der Waals surface area contributed by atoms with Crippen LogP contribution in [0.4, 0.5) is 11.4 Å². The van der Waals surface area contributed by atoms with Gasteiger partial charge in [-0.05, 0) is 56.2 Å². The van der Waals surface area contributed by atoms with E-state index >= 15 is 0 Å². The second kappa shape index (κ2) is 7.12. The van der Waals surface area contributed by atoms with Gasteiger partial charge in [-0.25, -0.2) is 8.42 Å². The molecule has 144 valence electrons. The Labute approximate surface area is 162 Å². The molecule has 28 heavy (non-hydrogen) atoms. The molecule has 3 aromatic rings. The maximum absolute atomic E-state index is 12.6. The molecule has 1 aromatic heterocycles. The van der Waals surface area contributed by atoms with Gasteiger partial charge in [0.2, 0.25) is 0 Å². The zero-order chi connectivity index (χ0) is 19.7. The molecule has 7 nitrogen and oxygen atoms in total. The van der Waals surface area contributed by atoms with Gasteiger partial charge in [-0.15, -0.1) is 0 Å². The summed E-state index contributed by atoms with van der Waals surface area (Å²) < 4.78 is 32.8. The van der Waals surface area contributed by atoms with Crippen LogP contribution in [0.2, 0.25) is 0 Å². The van der Waals surface area contributed by atoms with Crippen LogP contribution in [0, 0.1) is 6.92 Å². The third-order valence-corrected chi connectivity index (χ3v) is 5.93. The number of hydrogen-bond acceptors (Lipinski definition) is 5. The summed E-state index contributed by atoms with van der Waals surface area (Å²) in [6.07, 6.45) is 2.05. The molecule has 1 saturated carbocycles. The largest absolute Gasteiger partial charge is 0.359 e. The average molecular weight is 397 g/mol. The molecular formula is C20H19N3O4S. The fourth-order valence-corrected chi connectivity index (χ4v) is 3.91. The summed E-state index contributed by atoms with van der Waals surface area (Å²) in [7, 11) is -3.73. The molecule has 1 amide bonds. The first-order valence-electron chi connectivity index (χ1n) is 8.89. The van der Waals surface area contributed by atoms with Crippen molar-refractivity contribution in [3.63, 3.8) is 0 Å². The third-order valence-electron chi connectivity index (χ3n) is 4.53. The second-order valence-corrected chi connectivity index (χ2v) is 8.41. The van der Waals surface area contributed by atoms with Crippen LogP contribution >= 0.6 is 0 Å². The Balaban J connectivity index is 1.50. The normalized spacial score (nSPS) is 13.9. The highest BCUT2D eigenvalue weighted by atomic mass is 32.2. The molecule has 4 rings (SSSR count). The molecule has 1 aliphatic rings. The number of rotatable bonds is 6. The summed E-state index contributed by atoms with van der Waals surface area (Å²) in [6, 6.07) is 14.4. The Morgan fingerprint density at radius 2 is 1.75 bits per heavy atom. The first kappa shape index (κ1) is 18.2. The van der Waals surface area contributed by atoms with Crippen molar-refractivity contribution >= 4 is 27.3 Å². The van der Waals surface area contributed by atoms with Crippen molar-refractivity contribution in [3.8, 4) is 0 Å². The van der Waals surface area contributed by atoms with Gasteiger partial charge in [-0.1, -0.05) is 23.4 Å². The molecule has 0 saturated heterocycles. The van der Waals surface area contributed by atoms with Gasteiger partial charge in [0.1, 0.15) is 11.4 Å². The van der Waals surface area contributed by atoms with Crippen molar-refractivity contribution in [1.82, 2.24) is 5.16 Å². The summed E-state index contributed by atoms with van der Waals surface area (Å²) in [5.41, 5.74) is 2.05. The van der Waals surface area contributed by atoms with E-state index < -0.39 is 10.0 Å². The number of amides is 1. The van der Waals surface area contributed by atoms with E-state index in [1.165, 1.54) is 24.3 Å². The van der Waals surface area contributed by atoms with Crippen LogP contribution in [0.15, 0.2) is 64.0 Å². The van der Waals surface area contributed by atoms with Gasteiger partial charge in [-0.2, -0.15) is 0 Å². The van der Waals surface area contributed by atoms with E-state index in [2.05, 4.69) is 15.2 Å². The average Bonchev–Trinajstić information content (AvgIpc) is 3.47. The second-order valence-electron chi connectivity index (χ2n) is 6.73. The third kappa shape index (κ3) is 3.77. The lowest BCUT2D eigenvalue weighted by Crippen LogP contribution is -2.15. The molecule has 0 bridgehead atoms. The molecule has 8 heteroatoms. The number of sulfonamides is 1. The smallest absolute Gasteiger partial charge is 0.261 e. The standard InChI is InChI=1S/C20H19N3O4S/c1-13-18(19(27-22-13)14-7-8-14)21-20(24)15-9-11-17(12-10-15)28(25,26)23-16-5-3-2-4-6-16/h2-6,9-12,14,23H,7-8H2,1H3,(H,21,24). The number of benzene rings is 2.